The third-order valence-corrected chi connectivity index (χ3v) is 7.73. The van der Waals surface area contributed by atoms with Crippen molar-refractivity contribution < 1.29 is 38.4 Å². The van der Waals surface area contributed by atoms with E-state index in [1.165, 1.54) is 16.7 Å². The van der Waals surface area contributed by atoms with Crippen molar-refractivity contribution in [3.63, 3.8) is 0 Å². The molecule has 1 fully saturated rings. The summed E-state index contributed by atoms with van der Waals surface area (Å²) in [5, 5.41) is 17.4. The number of carboxylic acids is 1. The van der Waals surface area contributed by atoms with Crippen molar-refractivity contribution in [3.8, 4) is 0 Å². The van der Waals surface area contributed by atoms with Crippen molar-refractivity contribution in [2.24, 2.45) is 10.7 Å². The third kappa shape index (κ3) is 5.97. The number of rotatable bonds is 10. The summed E-state index contributed by atoms with van der Waals surface area (Å²) in [6.45, 7) is 2.04. The van der Waals surface area contributed by atoms with E-state index >= 15 is 0 Å². The normalized spacial score (nSPS) is 21.0. The Bertz CT molecular complexity index is 1330. The lowest BCUT2D eigenvalue weighted by Crippen LogP contribution is -2.71. The Hall–Kier alpha value is -3.37. The standard InChI is InChI=1S/C19H21N8O7PS2/c1-2-34-23-11(14-22-19(37-25-14)24-35(20,32)33)15(28)21-12-16(29)27-13(18(30)31)10(9-36-17(12)27)8-26-6-4-3-5-7-26/h3-7,12,17H,2,8-9H2,1H3,(H5-,20,21,22,24,25,28,30,31,32,33)/p+1/t12?,17-/m0/s1. The number of nitrogens with zero attached hydrogens (tertiary/aromatic N) is 5. The van der Waals surface area contributed by atoms with E-state index in [1.54, 1.807) is 19.3 Å². The second kappa shape index (κ2) is 10.9. The first-order valence-corrected chi connectivity index (χ1v) is 14.2. The molecule has 2 amide bonds. The zero-order valence-electron chi connectivity index (χ0n) is 19.2. The van der Waals surface area contributed by atoms with Crippen LogP contribution in [0, 0.1) is 0 Å². The number of hydrogen-bond acceptors (Lipinski definition) is 10. The molecule has 0 aliphatic carbocycles. The number of thioether (sulfide) groups is 1. The first-order valence-electron chi connectivity index (χ1n) is 10.7. The average molecular weight is 570 g/mol. The number of aliphatic carboxylic acids is 1. The van der Waals surface area contributed by atoms with Crippen LogP contribution in [0.1, 0.15) is 12.7 Å². The van der Waals surface area contributed by atoms with E-state index in [0.717, 1.165) is 0 Å². The van der Waals surface area contributed by atoms with Crippen LogP contribution in [0.5, 0.6) is 0 Å². The predicted octanol–water partition coefficient (Wildman–Crippen LogP) is -0.524. The second-order valence-corrected chi connectivity index (χ2v) is 11.0. The highest BCUT2D eigenvalue weighted by atomic mass is 32.2. The molecule has 0 spiro atoms. The molecule has 4 heterocycles. The van der Waals surface area contributed by atoms with Gasteiger partial charge < -0.3 is 20.2 Å². The predicted molar refractivity (Wildman–Crippen MR) is 132 cm³/mol. The molecule has 2 aliphatic heterocycles. The van der Waals surface area contributed by atoms with Gasteiger partial charge in [-0.25, -0.2) is 19.4 Å². The van der Waals surface area contributed by atoms with Gasteiger partial charge in [0.25, 0.3) is 11.8 Å². The van der Waals surface area contributed by atoms with Crippen LogP contribution >= 0.6 is 31.0 Å². The van der Waals surface area contributed by atoms with E-state index in [9.17, 15) is 28.9 Å². The van der Waals surface area contributed by atoms with Crippen molar-refractivity contribution >= 4 is 59.6 Å². The molecule has 4 rings (SSSR count). The number of amides is 2. The van der Waals surface area contributed by atoms with Crippen LogP contribution in [0.4, 0.5) is 5.13 Å². The molecule has 3 atom stereocenters. The Morgan fingerprint density at radius 2 is 2.11 bits per heavy atom. The number of anilines is 1. The van der Waals surface area contributed by atoms with Crippen molar-refractivity contribution in [2.45, 2.75) is 24.9 Å². The first kappa shape index (κ1) is 26.7. The minimum Gasteiger partial charge on any atom is -0.477 e. The highest BCUT2D eigenvalue weighted by Crippen LogP contribution is 2.40. The summed E-state index contributed by atoms with van der Waals surface area (Å²) in [4.78, 5) is 57.4. The number of oxime groups is 1. The van der Waals surface area contributed by atoms with Crippen molar-refractivity contribution in [1.82, 2.24) is 19.6 Å². The molecule has 0 bridgehead atoms. The Labute approximate surface area is 218 Å². The quantitative estimate of drug-likeness (QED) is 0.0803. The Balaban J connectivity index is 1.52. The van der Waals surface area contributed by atoms with Gasteiger partial charge in [0.1, 0.15) is 23.7 Å². The van der Waals surface area contributed by atoms with Crippen LogP contribution in [-0.4, -0.2) is 71.5 Å². The molecule has 0 aromatic carbocycles. The fourth-order valence-corrected chi connectivity index (χ4v) is 6.23. The minimum atomic E-state index is -4.15. The van der Waals surface area contributed by atoms with Gasteiger partial charge in [0, 0.05) is 35.0 Å². The van der Waals surface area contributed by atoms with Crippen molar-refractivity contribution in [1.29, 1.82) is 0 Å². The summed E-state index contributed by atoms with van der Waals surface area (Å²) in [5.41, 5.74) is 5.14. The van der Waals surface area contributed by atoms with Gasteiger partial charge in [0.15, 0.2) is 18.9 Å². The number of nitrogens with two attached hydrogens (primary N) is 1. The van der Waals surface area contributed by atoms with Crippen LogP contribution in [0.15, 0.2) is 47.0 Å². The van der Waals surface area contributed by atoms with Gasteiger partial charge in [-0.05, 0) is 6.92 Å². The molecule has 2 aromatic rings. The molecule has 1 saturated heterocycles. The van der Waals surface area contributed by atoms with Gasteiger partial charge >= 0.3 is 13.6 Å². The lowest BCUT2D eigenvalue weighted by Gasteiger charge is -2.49. The van der Waals surface area contributed by atoms with Gasteiger partial charge in [0.2, 0.25) is 16.7 Å². The molecule has 2 unspecified atom stereocenters. The maximum atomic E-state index is 13.0. The monoisotopic (exact) mass is 569 g/mol. The van der Waals surface area contributed by atoms with E-state index in [2.05, 4.69) is 24.9 Å². The molecule has 0 radical (unpaired) electrons. The van der Waals surface area contributed by atoms with Crippen LogP contribution in [0.3, 0.4) is 0 Å². The average Bonchev–Trinajstić information content (AvgIpc) is 3.29. The van der Waals surface area contributed by atoms with Gasteiger partial charge in [0.05, 0.1) is 0 Å². The Kier molecular flexibility index (Phi) is 7.89. The molecular formula is C19H22N8O7PS2+. The molecule has 196 valence electrons. The number of carboxylic acid groups (broad SMARTS) is 1. The highest BCUT2D eigenvalue weighted by Gasteiger charge is 2.54. The van der Waals surface area contributed by atoms with Crippen LogP contribution in [0.25, 0.3) is 0 Å². The zero-order chi connectivity index (χ0) is 26.7. The lowest BCUT2D eigenvalue weighted by molar-refractivity contribution is -0.689. The molecule has 2 aromatic heterocycles. The Morgan fingerprint density at radius 3 is 2.76 bits per heavy atom. The third-order valence-electron chi connectivity index (χ3n) is 5.08. The molecule has 15 nitrogen and oxygen atoms in total. The summed E-state index contributed by atoms with van der Waals surface area (Å²) in [5.74, 6) is -2.55. The molecule has 37 heavy (non-hydrogen) atoms. The molecule has 2 aliphatic rings. The highest BCUT2D eigenvalue weighted by molar-refractivity contribution is 8.00. The number of carbonyl (C=O) groups excluding carboxylic acids is 2. The van der Waals surface area contributed by atoms with Gasteiger partial charge in [-0.3, -0.25) is 19.6 Å². The maximum absolute atomic E-state index is 13.0. The van der Waals surface area contributed by atoms with Crippen LogP contribution in [0.2, 0.25) is 0 Å². The number of β-lactam (4-membered cyclic amide) rings is 1. The largest absolute Gasteiger partial charge is 0.477 e. The van der Waals surface area contributed by atoms with E-state index in [-0.39, 0.29) is 29.0 Å². The van der Waals surface area contributed by atoms with Crippen LogP contribution < -0.4 is 20.5 Å². The molecule has 0 saturated carbocycles. The SMILES string of the molecule is CCON=C(C(=O)NC1C(=O)N2C(C(=O)O)=C(C[n+]3ccccc3)CS[C@@H]12)c1nsc(NP(N)(=O)O)n1. The number of aromatic nitrogens is 3. The molecular weight excluding hydrogens is 547 g/mol. The maximum Gasteiger partial charge on any atom is 0.362 e. The van der Waals surface area contributed by atoms with Gasteiger partial charge in [-0.1, -0.05) is 11.2 Å². The zero-order valence-corrected chi connectivity index (χ0v) is 21.7. The van der Waals surface area contributed by atoms with E-state index < -0.39 is 36.9 Å². The number of hydrogen-bond donors (Lipinski definition) is 5. The fourth-order valence-electron chi connectivity index (χ4n) is 3.59. The summed E-state index contributed by atoms with van der Waals surface area (Å²) in [6, 6.07) is 4.44. The number of pyridine rings is 1. The lowest BCUT2D eigenvalue weighted by atomic mass is 10.0. The smallest absolute Gasteiger partial charge is 0.362 e. The number of nitrogens with one attached hydrogen (secondary N) is 2. The number of fused-ring (bicyclic) bond motifs is 1. The molecule has 6 N–H and O–H groups in total. The summed E-state index contributed by atoms with van der Waals surface area (Å²) in [6.07, 6.45) is 3.59. The van der Waals surface area contributed by atoms with Crippen LogP contribution in [-0.2, 0) is 30.3 Å². The fraction of sp³-hybridized carbons (Fsp3) is 0.316. The second-order valence-electron chi connectivity index (χ2n) is 7.68. The summed E-state index contributed by atoms with van der Waals surface area (Å²) in [7, 11) is -4.15. The Morgan fingerprint density at radius 1 is 1.38 bits per heavy atom. The minimum absolute atomic E-state index is 0.106. The van der Waals surface area contributed by atoms with Crippen molar-refractivity contribution in [2.75, 3.05) is 17.4 Å². The topological polar surface area (TPSA) is 213 Å². The number of carbonyl (C=O) groups is 3. The van der Waals surface area contributed by atoms with Crippen molar-refractivity contribution in [3.05, 3.63) is 47.7 Å². The van der Waals surface area contributed by atoms with E-state index in [1.807, 2.05) is 22.8 Å². The van der Waals surface area contributed by atoms with E-state index in [4.69, 9.17) is 10.3 Å². The molecule has 18 heteroatoms. The van der Waals surface area contributed by atoms with Gasteiger partial charge in [-0.15, -0.1) is 11.8 Å². The first-order chi connectivity index (χ1) is 17.6. The summed E-state index contributed by atoms with van der Waals surface area (Å²) >= 11 is 1.99. The summed E-state index contributed by atoms with van der Waals surface area (Å²) < 4.78 is 17.1. The van der Waals surface area contributed by atoms with E-state index in [0.29, 0.717) is 29.4 Å². The van der Waals surface area contributed by atoms with Gasteiger partial charge in [-0.2, -0.15) is 9.36 Å².